The van der Waals surface area contributed by atoms with E-state index in [2.05, 4.69) is 4.74 Å². The third-order valence-corrected chi connectivity index (χ3v) is 5.54. The Morgan fingerprint density at radius 2 is 2.18 bits per heavy atom. The second-order valence-corrected chi connectivity index (χ2v) is 6.77. The van der Waals surface area contributed by atoms with Crippen LogP contribution in [0.3, 0.4) is 0 Å². The minimum absolute atomic E-state index is 0.216. The van der Waals surface area contributed by atoms with Gasteiger partial charge in [-0.1, -0.05) is 0 Å². The maximum Gasteiger partial charge on any atom is 0.306 e. The molecule has 0 radical (unpaired) electrons. The first-order chi connectivity index (χ1) is 7.80. The van der Waals surface area contributed by atoms with Crippen LogP contribution in [0.1, 0.15) is 19.8 Å². The van der Waals surface area contributed by atoms with Crippen molar-refractivity contribution in [1.29, 1.82) is 0 Å². The first-order valence-electron chi connectivity index (χ1n) is 5.35. The van der Waals surface area contributed by atoms with E-state index in [1.54, 1.807) is 7.05 Å². The number of nitrogens with zero attached hydrogens (tertiary/aromatic N) is 1. The minimum atomic E-state index is -3.62. The third-order valence-electron chi connectivity index (χ3n) is 3.02. The second kappa shape index (κ2) is 5.03. The van der Waals surface area contributed by atoms with Crippen LogP contribution in [0.25, 0.3) is 0 Å². The van der Waals surface area contributed by atoms with E-state index < -0.39 is 26.3 Å². The largest absolute Gasteiger partial charge is 0.469 e. The first kappa shape index (κ1) is 14.0. The molecule has 1 amide bonds. The summed E-state index contributed by atoms with van der Waals surface area (Å²) in [5.41, 5.74) is 0. The van der Waals surface area contributed by atoms with Crippen molar-refractivity contribution < 1.29 is 22.7 Å². The Labute approximate surface area is 101 Å². The van der Waals surface area contributed by atoms with Gasteiger partial charge in [-0.3, -0.25) is 9.59 Å². The van der Waals surface area contributed by atoms with E-state index in [1.807, 2.05) is 0 Å². The van der Waals surface area contributed by atoms with E-state index in [9.17, 15) is 18.0 Å². The van der Waals surface area contributed by atoms with Gasteiger partial charge in [0.05, 0.1) is 18.8 Å². The molecule has 7 heteroatoms. The molecule has 0 aromatic carbocycles. The maximum absolute atomic E-state index is 12.1. The number of rotatable bonds is 4. The molecule has 6 nitrogen and oxygen atoms in total. The number of carbonyl (C=O) groups is 2. The summed E-state index contributed by atoms with van der Waals surface area (Å²) in [5.74, 6) is -0.971. The molecule has 1 fully saturated rings. The molecule has 17 heavy (non-hydrogen) atoms. The zero-order valence-electron chi connectivity index (χ0n) is 10.2. The third kappa shape index (κ3) is 2.77. The van der Waals surface area contributed by atoms with Crippen molar-refractivity contribution in [3.63, 3.8) is 0 Å². The zero-order chi connectivity index (χ0) is 13.2. The summed E-state index contributed by atoms with van der Waals surface area (Å²) in [6, 6.07) is 0. The van der Waals surface area contributed by atoms with E-state index in [0.717, 1.165) is 0 Å². The van der Waals surface area contributed by atoms with Crippen LogP contribution < -0.4 is 0 Å². The van der Waals surface area contributed by atoms with E-state index in [4.69, 9.17) is 0 Å². The molecule has 1 saturated heterocycles. The SMILES string of the molecule is COC(=O)CC(C)S(=O)(=O)C1CCN(C)C1=O. The van der Waals surface area contributed by atoms with Crippen LogP contribution in [0.15, 0.2) is 0 Å². The van der Waals surface area contributed by atoms with Gasteiger partial charge >= 0.3 is 5.97 Å². The van der Waals surface area contributed by atoms with Gasteiger partial charge in [0.15, 0.2) is 9.84 Å². The van der Waals surface area contributed by atoms with Crippen LogP contribution in [-0.2, 0) is 24.2 Å². The standard InChI is InChI=1S/C10H17NO5S/c1-7(6-9(12)16-3)17(14,15)8-4-5-11(2)10(8)13/h7-8H,4-6H2,1-3H3. The summed E-state index contributed by atoms with van der Waals surface area (Å²) < 4.78 is 28.6. The van der Waals surface area contributed by atoms with Crippen LogP contribution in [0.4, 0.5) is 0 Å². The monoisotopic (exact) mass is 263 g/mol. The Hall–Kier alpha value is -1.11. The zero-order valence-corrected chi connectivity index (χ0v) is 11.0. The van der Waals surface area contributed by atoms with Gasteiger partial charge in [0.1, 0.15) is 5.25 Å². The number of hydrogen-bond donors (Lipinski definition) is 0. The lowest BCUT2D eigenvalue weighted by atomic mass is 10.3. The lowest BCUT2D eigenvalue weighted by Crippen LogP contribution is -2.37. The predicted octanol–water partition coefficient (Wildman–Crippen LogP) is -0.416. The van der Waals surface area contributed by atoms with Crippen molar-refractivity contribution in [3.8, 4) is 0 Å². The maximum atomic E-state index is 12.1. The quantitative estimate of drug-likeness (QED) is 0.644. The number of methoxy groups -OCH3 is 1. The number of ether oxygens (including phenoxy) is 1. The normalized spacial score (nSPS) is 22.6. The van der Waals surface area contributed by atoms with Crippen LogP contribution in [-0.4, -0.2) is 56.4 Å². The fourth-order valence-electron chi connectivity index (χ4n) is 1.81. The number of hydrogen-bond acceptors (Lipinski definition) is 5. The van der Waals surface area contributed by atoms with Gasteiger partial charge in [-0.25, -0.2) is 8.42 Å². The molecule has 2 atom stereocenters. The number of carbonyl (C=O) groups excluding carboxylic acids is 2. The molecule has 0 aromatic heterocycles. The summed E-state index contributed by atoms with van der Waals surface area (Å²) in [5, 5.41) is -1.90. The van der Waals surface area contributed by atoms with Crippen LogP contribution in [0, 0.1) is 0 Å². The van der Waals surface area contributed by atoms with Crippen molar-refractivity contribution in [3.05, 3.63) is 0 Å². The van der Waals surface area contributed by atoms with E-state index >= 15 is 0 Å². The summed E-state index contributed by atoms with van der Waals surface area (Å²) in [7, 11) is -0.841. The van der Waals surface area contributed by atoms with E-state index in [-0.39, 0.29) is 12.3 Å². The molecular formula is C10H17NO5S. The number of sulfone groups is 1. The van der Waals surface area contributed by atoms with Gasteiger partial charge in [0, 0.05) is 13.6 Å². The van der Waals surface area contributed by atoms with Gasteiger partial charge in [0.2, 0.25) is 5.91 Å². The molecular weight excluding hydrogens is 246 g/mol. The van der Waals surface area contributed by atoms with E-state index in [0.29, 0.717) is 13.0 Å². The van der Waals surface area contributed by atoms with E-state index in [1.165, 1.54) is 18.9 Å². The first-order valence-corrected chi connectivity index (χ1v) is 6.96. The highest BCUT2D eigenvalue weighted by Gasteiger charge is 2.42. The van der Waals surface area contributed by atoms with Crippen molar-refractivity contribution in [2.75, 3.05) is 20.7 Å². The topological polar surface area (TPSA) is 80.8 Å². The molecule has 1 aliphatic rings. The van der Waals surface area contributed by atoms with Gasteiger partial charge in [-0.15, -0.1) is 0 Å². The number of likely N-dealkylation sites (tertiary alicyclic amines) is 1. The van der Waals surface area contributed by atoms with Gasteiger partial charge in [-0.2, -0.15) is 0 Å². The highest BCUT2D eigenvalue weighted by Crippen LogP contribution is 2.22. The lowest BCUT2D eigenvalue weighted by molar-refractivity contribution is -0.140. The lowest BCUT2D eigenvalue weighted by Gasteiger charge is -2.16. The highest BCUT2D eigenvalue weighted by molar-refractivity contribution is 7.93. The second-order valence-electron chi connectivity index (χ2n) is 4.22. The Kier molecular flexibility index (Phi) is 4.13. The Balaban J connectivity index is 2.81. The molecule has 1 heterocycles. The molecule has 2 unspecified atom stereocenters. The average Bonchev–Trinajstić information content (AvgIpc) is 2.59. The number of esters is 1. The molecule has 0 aromatic rings. The fourth-order valence-corrected chi connectivity index (χ4v) is 3.63. The van der Waals surface area contributed by atoms with Gasteiger partial charge in [-0.05, 0) is 13.3 Å². The van der Waals surface area contributed by atoms with Crippen molar-refractivity contribution >= 4 is 21.7 Å². The van der Waals surface area contributed by atoms with Gasteiger partial charge < -0.3 is 9.64 Å². The molecule has 0 N–H and O–H groups in total. The molecule has 1 aliphatic heterocycles. The van der Waals surface area contributed by atoms with Crippen LogP contribution in [0.5, 0.6) is 0 Å². The molecule has 1 rings (SSSR count). The van der Waals surface area contributed by atoms with Crippen LogP contribution in [0.2, 0.25) is 0 Å². The van der Waals surface area contributed by atoms with Crippen molar-refractivity contribution in [2.24, 2.45) is 0 Å². The fraction of sp³-hybridized carbons (Fsp3) is 0.800. The van der Waals surface area contributed by atoms with Gasteiger partial charge in [0.25, 0.3) is 0 Å². The highest BCUT2D eigenvalue weighted by atomic mass is 32.2. The summed E-state index contributed by atoms with van der Waals surface area (Å²) >= 11 is 0. The predicted molar refractivity (Wildman–Crippen MR) is 61.1 cm³/mol. The molecule has 0 saturated carbocycles. The number of amides is 1. The molecule has 0 spiro atoms. The Morgan fingerprint density at radius 1 is 1.59 bits per heavy atom. The summed E-state index contributed by atoms with van der Waals surface area (Å²) in [6.45, 7) is 1.87. The average molecular weight is 263 g/mol. The Morgan fingerprint density at radius 3 is 2.59 bits per heavy atom. The minimum Gasteiger partial charge on any atom is -0.469 e. The molecule has 0 bridgehead atoms. The summed E-state index contributed by atoms with van der Waals surface area (Å²) in [6.07, 6.45) is 0.0789. The van der Waals surface area contributed by atoms with Crippen LogP contribution >= 0.6 is 0 Å². The van der Waals surface area contributed by atoms with Crippen molar-refractivity contribution in [2.45, 2.75) is 30.3 Å². The molecule has 0 aliphatic carbocycles. The Bertz CT molecular complexity index is 416. The van der Waals surface area contributed by atoms with Crippen molar-refractivity contribution in [1.82, 2.24) is 4.90 Å². The smallest absolute Gasteiger partial charge is 0.306 e. The summed E-state index contributed by atoms with van der Waals surface area (Å²) in [4.78, 5) is 24.1. The molecule has 98 valence electrons.